The molecule has 0 saturated carbocycles. The van der Waals surface area contributed by atoms with Crippen LogP contribution in [0, 0.1) is 5.92 Å². The molecule has 1 N–H and O–H groups in total. The average molecular weight is 507 g/mol. The minimum atomic E-state index is 0.0898. The number of ketones is 2. The van der Waals surface area contributed by atoms with Crippen LogP contribution in [0.15, 0.2) is 85.3 Å². The van der Waals surface area contributed by atoms with Gasteiger partial charge >= 0.3 is 0 Å². The number of carbonyl (C=O) groups is 2. The lowest BCUT2D eigenvalue weighted by molar-refractivity contribution is 0.0984. The Bertz CT molecular complexity index is 1380. The fraction of sp³-hybridized carbons (Fsp3) is 0.281. The maximum absolute atomic E-state index is 12.8. The number of aromatic nitrogens is 2. The molecule has 0 atom stereocenters. The number of pyridine rings is 1. The minimum Gasteiger partial charge on any atom is -0.372 e. The number of aryl methyl sites for hydroxylation is 1. The van der Waals surface area contributed by atoms with Gasteiger partial charge in [-0.3, -0.25) is 9.59 Å². The Kier molecular flexibility index (Phi) is 7.68. The van der Waals surface area contributed by atoms with E-state index in [0.29, 0.717) is 18.7 Å². The molecule has 3 heterocycles. The van der Waals surface area contributed by atoms with Crippen molar-refractivity contribution >= 4 is 28.8 Å². The van der Waals surface area contributed by atoms with Gasteiger partial charge in [0.2, 0.25) is 0 Å². The van der Waals surface area contributed by atoms with Gasteiger partial charge in [0.25, 0.3) is 0 Å². The smallest absolute Gasteiger partial charge is 0.168 e. The van der Waals surface area contributed by atoms with Gasteiger partial charge in [0.15, 0.2) is 11.6 Å². The van der Waals surface area contributed by atoms with Gasteiger partial charge in [-0.1, -0.05) is 25.1 Å². The Hall–Kier alpha value is -4.19. The lowest BCUT2D eigenvalue weighted by Crippen LogP contribution is -2.32. The van der Waals surface area contributed by atoms with E-state index in [4.69, 9.17) is 0 Å². The average Bonchev–Trinajstić information content (AvgIpc) is 3.38. The normalized spacial score (nSPS) is 13.9. The lowest BCUT2D eigenvalue weighted by Gasteiger charge is -2.32. The first-order valence-electron chi connectivity index (χ1n) is 13.3. The number of nitrogens with zero attached hydrogens (tertiary/aromatic N) is 3. The summed E-state index contributed by atoms with van der Waals surface area (Å²) in [5, 5.41) is 3.28. The molecule has 38 heavy (non-hydrogen) atoms. The third-order valence-electron chi connectivity index (χ3n) is 7.27. The molecule has 1 fully saturated rings. The molecule has 0 unspecified atom stereocenters. The van der Waals surface area contributed by atoms with E-state index >= 15 is 0 Å². The van der Waals surface area contributed by atoms with E-state index in [1.807, 2.05) is 78.6 Å². The van der Waals surface area contributed by atoms with Crippen molar-refractivity contribution in [1.29, 1.82) is 0 Å². The SMILES string of the molecule is CC1CCN(c2ccc(C(=O)Cc3ccc(Nc4ccc(CC(=O)c5ccn(C)c5)cc4)nc3)cc2)CC1. The molecular weight excluding hydrogens is 472 g/mol. The van der Waals surface area contributed by atoms with Crippen LogP contribution < -0.4 is 10.2 Å². The van der Waals surface area contributed by atoms with Crippen molar-refractivity contribution in [3.63, 3.8) is 0 Å². The number of hydrogen-bond donors (Lipinski definition) is 1. The second-order valence-corrected chi connectivity index (χ2v) is 10.4. The number of carbonyl (C=O) groups excluding carboxylic acids is 2. The Morgan fingerprint density at radius 2 is 1.50 bits per heavy atom. The van der Waals surface area contributed by atoms with Gasteiger partial charge in [0, 0.05) is 74.1 Å². The molecule has 4 aromatic rings. The predicted octanol–water partition coefficient (Wildman–Crippen LogP) is 6.25. The number of anilines is 3. The summed E-state index contributed by atoms with van der Waals surface area (Å²) in [6.45, 7) is 4.48. The van der Waals surface area contributed by atoms with Gasteiger partial charge in [-0.15, -0.1) is 0 Å². The first kappa shape index (κ1) is 25.5. The standard InChI is InChI=1S/C32H34N4O2/c1-23-13-17-36(18-14-23)29-10-6-26(7-11-29)30(37)20-25-5-12-32(33-21-25)34-28-8-3-24(4-9-28)19-31(38)27-15-16-35(2)22-27/h3-12,15-16,21-23H,13-14,17-20H2,1-2H3,(H,33,34). The van der Waals surface area contributed by atoms with Crippen LogP contribution in [0.3, 0.4) is 0 Å². The van der Waals surface area contributed by atoms with Crippen molar-refractivity contribution in [3.8, 4) is 0 Å². The van der Waals surface area contributed by atoms with E-state index in [9.17, 15) is 9.59 Å². The molecular formula is C32H34N4O2. The summed E-state index contributed by atoms with van der Waals surface area (Å²) < 4.78 is 1.88. The molecule has 6 heteroatoms. The summed E-state index contributed by atoms with van der Waals surface area (Å²) in [5.41, 5.74) is 5.38. The number of piperidine rings is 1. The molecule has 1 aliphatic rings. The summed E-state index contributed by atoms with van der Waals surface area (Å²) in [6.07, 6.45) is 8.59. The van der Waals surface area contributed by atoms with Gasteiger partial charge in [-0.25, -0.2) is 4.98 Å². The highest BCUT2D eigenvalue weighted by atomic mass is 16.1. The zero-order chi connectivity index (χ0) is 26.5. The van der Waals surface area contributed by atoms with E-state index in [-0.39, 0.29) is 11.6 Å². The van der Waals surface area contributed by atoms with Crippen LogP contribution in [0.4, 0.5) is 17.2 Å². The number of rotatable bonds is 9. The van der Waals surface area contributed by atoms with Crippen LogP contribution in [-0.4, -0.2) is 34.2 Å². The molecule has 1 aliphatic heterocycles. The number of Topliss-reactive ketones (excluding diaryl/α,β-unsaturated/α-hetero) is 2. The maximum atomic E-state index is 12.8. The third kappa shape index (κ3) is 6.38. The van der Waals surface area contributed by atoms with Crippen LogP contribution in [-0.2, 0) is 19.9 Å². The lowest BCUT2D eigenvalue weighted by atomic mass is 9.98. The van der Waals surface area contributed by atoms with Gasteiger partial charge in [0.1, 0.15) is 5.82 Å². The van der Waals surface area contributed by atoms with Crippen molar-refractivity contribution in [2.24, 2.45) is 13.0 Å². The monoisotopic (exact) mass is 506 g/mol. The van der Waals surface area contributed by atoms with Gasteiger partial charge < -0.3 is 14.8 Å². The highest BCUT2D eigenvalue weighted by Crippen LogP contribution is 2.24. The van der Waals surface area contributed by atoms with Gasteiger partial charge in [-0.2, -0.15) is 0 Å². The number of hydrogen-bond acceptors (Lipinski definition) is 5. The molecule has 0 amide bonds. The van der Waals surface area contributed by atoms with Crippen LogP contribution >= 0.6 is 0 Å². The molecule has 2 aromatic carbocycles. The fourth-order valence-corrected chi connectivity index (χ4v) is 4.82. The fourth-order valence-electron chi connectivity index (χ4n) is 4.82. The highest BCUT2D eigenvalue weighted by Gasteiger charge is 2.16. The minimum absolute atomic E-state index is 0.0898. The summed E-state index contributed by atoms with van der Waals surface area (Å²) in [4.78, 5) is 32.2. The topological polar surface area (TPSA) is 67.2 Å². The first-order chi connectivity index (χ1) is 18.4. The Morgan fingerprint density at radius 3 is 2.13 bits per heavy atom. The zero-order valence-corrected chi connectivity index (χ0v) is 22.1. The van der Waals surface area contributed by atoms with Crippen LogP contribution in [0.1, 0.15) is 51.6 Å². The maximum Gasteiger partial charge on any atom is 0.168 e. The summed E-state index contributed by atoms with van der Waals surface area (Å²) in [7, 11) is 1.91. The largest absolute Gasteiger partial charge is 0.372 e. The molecule has 2 aromatic heterocycles. The van der Waals surface area contributed by atoms with E-state index in [1.165, 1.54) is 18.5 Å². The molecule has 0 bridgehead atoms. The van der Waals surface area contributed by atoms with Crippen LogP contribution in [0.5, 0.6) is 0 Å². The first-order valence-corrected chi connectivity index (χ1v) is 13.3. The zero-order valence-electron chi connectivity index (χ0n) is 22.1. The molecule has 5 rings (SSSR count). The van der Waals surface area contributed by atoms with Crippen molar-refractivity contribution in [2.75, 3.05) is 23.3 Å². The quantitative estimate of drug-likeness (QED) is 0.272. The molecule has 1 saturated heterocycles. The van der Waals surface area contributed by atoms with Crippen LogP contribution in [0.25, 0.3) is 0 Å². The summed E-state index contributed by atoms with van der Waals surface area (Å²) in [5.74, 6) is 1.69. The molecule has 0 spiro atoms. The van der Waals surface area contributed by atoms with E-state index in [0.717, 1.165) is 46.9 Å². The van der Waals surface area contributed by atoms with Crippen molar-refractivity contribution in [3.05, 3.63) is 108 Å². The Balaban J connectivity index is 1.13. The van der Waals surface area contributed by atoms with E-state index in [2.05, 4.69) is 34.3 Å². The molecule has 6 nitrogen and oxygen atoms in total. The van der Waals surface area contributed by atoms with Gasteiger partial charge in [0.05, 0.1) is 0 Å². The van der Waals surface area contributed by atoms with E-state index in [1.54, 1.807) is 6.20 Å². The second-order valence-electron chi connectivity index (χ2n) is 10.4. The van der Waals surface area contributed by atoms with Crippen molar-refractivity contribution < 1.29 is 9.59 Å². The predicted molar refractivity (Wildman–Crippen MR) is 152 cm³/mol. The molecule has 0 radical (unpaired) electrons. The van der Waals surface area contributed by atoms with Crippen molar-refractivity contribution in [1.82, 2.24) is 9.55 Å². The number of benzene rings is 2. The highest BCUT2D eigenvalue weighted by molar-refractivity contribution is 5.98. The Morgan fingerprint density at radius 1 is 0.842 bits per heavy atom. The second kappa shape index (κ2) is 11.5. The molecule has 194 valence electrons. The van der Waals surface area contributed by atoms with Crippen LogP contribution in [0.2, 0.25) is 0 Å². The van der Waals surface area contributed by atoms with Gasteiger partial charge in [-0.05, 0) is 78.4 Å². The number of nitrogens with one attached hydrogen (secondary N) is 1. The molecule has 0 aliphatic carbocycles. The van der Waals surface area contributed by atoms with Crippen molar-refractivity contribution in [2.45, 2.75) is 32.6 Å². The van der Waals surface area contributed by atoms with E-state index < -0.39 is 0 Å². The summed E-state index contributed by atoms with van der Waals surface area (Å²) >= 11 is 0. The summed E-state index contributed by atoms with van der Waals surface area (Å²) in [6, 6.07) is 21.5. The third-order valence-corrected chi connectivity index (χ3v) is 7.27. The Labute approximate surface area is 224 Å².